The first-order chi connectivity index (χ1) is 9.19. The first-order valence-corrected chi connectivity index (χ1v) is 6.08. The van der Waals surface area contributed by atoms with Crippen LogP contribution in [0.2, 0.25) is 0 Å². The van der Waals surface area contributed by atoms with E-state index in [9.17, 15) is 0 Å². The highest BCUT2D eigenvalue weighted by Gasteiger charge is 2.11. The summed E-state index contributed by atoms with van der Waals surface area (Å²) in [4.78, 5) is 7.96. The molecular formula is C15H15N3O. The number of aryl methyl sites for hydroxylation is 1. The number of ether oxygens (including phenoxy) is 1. The van der Waals surface area contributed by atoms with Gasteiger partial charge in [-0.15, -0.1) is 0 Å². The quantitative estimate of drug-likeness (QED) is 0.690. The highest BCUT2D eigenvalue weighted by molar-refractivity contribution is 5.83. The van der Waals surface area contributed by atoms with Crippen molar-refractivity contribution in [2.24, 2.45) is 0 Å². The van der Waals surface area contributed by atoms with E-state index in [1.54, 1.807) is 13.2 Å². The number of para-hydroxylation sites is 1. The summed E-state index contributed by atoms with van der Waals surface area (Å²) in [7, 11) is 1.63. The summed E-state index contributed by atoms with van der Waals surface area (Å²) in [6.07, 6.45) is 0. The van der Waals surface area contributed by atoms with Gasteiger partial charge >= 0.3 is 0 Å². The topological polar surface area (TPSA) is 63.9 Å². The fourth-order valence-corrected chi connectivity index (χ4v) is 2.21. The van der Waals surface area contributed by atoms with Gasteiger partial charge in [0.25, 0.3) is 0 Å². The number of nitrogens with two attached hydrogens (primary N) is 1. The maximum atomic E-state index is 5.77. The smallest absolute Gasteiger partial charge is 0.142 e. The number of benzene rings is 2. The lowest BCUT2D eigenvalue weighted by Crippen LogP contribution is -1.92. The number of nitrogens with one attached hydrogen (secondary N) is 1. The van der Waals surface area contributed by atoms with E-state index in [0.717, 1.165) is 33.7 Å². The predicted octanol–water partition coefficient (Wildman–Crippen LogP) is 3.13. The highest BCUT2D eigenvalue weighted by atomic mass is 16.5. The number of fused-ring (bicyclic) bond motifs is 1. The van der Waals surface area contributed by atoms with Gasteiger partial charge in [-0.05, 0) is 30.7 Å². The molecule has 0 spiro atoms. The molecular weight excluding hydrogens is 238 g/mol. The summed E-state index contributed by atoms with van der Waals surface area (Å²) in [6, 6.07) is 11.6. The Morgan fingerprint density at radius 1 is 1.21 bits per heavy atom. The van der Waals surface area contributed by atoms with Crippen LogP contribution in [0.25, 0.3) is 22.4 Å². The van der Waals surface area contributed by atoms with Gasteiger partial charge in [-0.1, -0.05) is 12.1 Å². The zero-order valence-electron chi connectivity index (χ0n) is 10.9. The Labute approximate surface area is 111 Å². The zero-order valence-corrected chi connectivity index (χ0v) is 10.9. The van der Waals surface area contributed by atoms with Gasteiger partial charge in [-0.3, -0.25) is 0 Å². The van der Waals surface area contributed by atoms with Crippen molar-refractivity contribution in [2.75, 3.05) is 12.8 Å². The lowest BCUT2D eigenvalue weighted by molar-refractivity contribution is 0.416. The third kappa shape index (κ3) is 1.91. The maximum absolute atomic E-state index is 5.77. The fraction of sp³-hybridized carbons (Fsp3) is 0.133. The van der Waals surface area contributed by atoms with Crippen LogP contribution in [0.1, 0.15) is 5.56 Å². The molecule has 0 fully saturated rings. The average Bonchev–Trinajstić information content (AvgIpc) is 2.83. The van der Waals surface area contributed by atoms with E-state index in [2.05, 4.69) is 9.97 Å². The van der Waals surface area contributed by atoms with Crippen molar-refractivity contribution >= 4 is 16.7 Å². The molecule has 0 atom stereocenters. The molecule has 3 aromatic rings. The largest absolute Gasteiger partial charge is 0.496 e. The van der Waals surface area contributed by atoms with Crippen LogP contribution in [0.15, 0.2) is 36.4 Å². The van der Waals surface area contributed by atoms with Crippen molar-refractivity contribution in [3.63, 3.8) is 0 Å². The minimum Gasteiger partial charge on any atom is -0.496 e. The zero-order chi connectivity index (χ0) is 13.4. The van der Waals surface area contributed by atoms with E-state index in [4.69, 9.17) is 10.5 Å². The molecule has 0 saturated heterocycles. The summed E-state index contributed by atoms with van der Waals surface area (Å²) in [5.74, 6) is 1.51. The van der Waals surface area contributed by atoms with Crippen molar-refractivity contribution < 1.29 is 4.74 Å². The second-order valence-corrected chi connectivity index (χ2v) is 4.52. The van der Waals surface area contributed by atoms with E-state index < -0.39 is 0 Å². The highest BCUT2D eigenvalue weighted by Crippen LogP contribution is 2.31. The molecule has 3 rings (SSSR count). The molecule has 96 valence electrons. The number of nitrogens with zero attached hydrogens (tertiary/aromatic N) is 1. The van der Waals surface area contributed by atoms with Gasteiger partial charge < -0.3 is 15.5 Å². The first kappa shape index (κ1) is 11.6. The summed E-state index contributed by atoms with van der Waals surface area (Å²) in [6.45, 7) is 2.05. The molecule has 4 nitrogen and oxygen atoms in total. The van der Waals surface area contributed by atoms with Crippen LogP contribution >= 0.6 is 0 Å². The van der Waals surface area contributed by atoms with Crippen molar-refractivity contribution in [1.29, 1.82) is 0 Å². The SMILES string of the molecule is COc1cc(N)ccc1-c1nc2c(C)cccc2[nH]1. The van der Waals surface area contributed by atoms with Gasteiger partial charge in [0.1, 0.15) is 11.6 Å². The third-order valence-corrected chi connectivity index (χ3v) is 3.20. The first-order valence-electron chi connectivity index (χ1n) is 6.08. The molecule has 19 heavy (non-hydrogen) atoms. The molecule has 0 amide bonds. The standard InChI is InChI=1S/C15H15N3O/c1-9-4-3-5-12-14(9)18-15(17-12)11-7-6-10(16)8-13(11)19-2/h3-8H,16H2,1-2H3,(H,17,18). The van der Waals surface area contributed by atoms with Crippen LogP contribution in [0.5, 0.6) is 5.75 Å². The second-order valence-electron chi connectivity index (χ2n) is 4.52. The number of rotatable bonds is 2. The van der Waals surface area contributed by atoms with Gasteiger partial charge in [0.05, 0.1) is 23.7 Å². The number of aromatic nitrogens is 2. The molecule has 0 saturated carbocycles. The molecule has 1 aromatic heterocycles. The molecule has 4 heteroatoms. The molecule has 0 aliphatic rings. The van der Waals surface area contributed by atoms with Crippen LogP contribution < -0.4 is 10.5 Å². The molecule has 0 bridgehead atoms. The molecule has 1 heterocycles. The summed E-state index contributed by atoms with van der Waals surface area (Å²) >= 11 is 0. The van der Waals surface area contributed by atoms with Crippen LogP contribution in [-0.4, -0.2) is 17.1 Å². The summed E-state index contributed by atoms with van der Waals surface area (Å²) in [5, 5.41) is 0. The third-order valence-electron chi connectivity index (χ3n) is 3.20. The molecule has 3 N–H and O–H groups in total. The van der Waals surface area contributed by atoms with E-state index >= 15 is 0 Å². The number of anilines is 1. The minimum atomic E-state index is 0.674. The van der Waals surface area contributed by atoms with Crippen molar-refractivity contribution in [1.82, 2.24) is 9.97 Å². The molecule has 0 unspecified atom stereocenters. The Hall–Kier alpha value is -2.49. The monoisotopic (exact) mass is 253 g/mol. The van der Waals surface area contributed by atoms with E-state index in [-0.39, 0.29) is 0 Å². The maximum Gasteiger partial charge on any atom is 0.142 e. The number of aromatic amines is 1. The lowest BCUT2D eigenvalue weighted by Gasteiger charge is -2.06. The predicted molar refractivity (Wildman–Crippen MR) is 77.2 cm³/mol. The number of H-pyrrole nitrogens is 1. The minimum absolute atomic E-state index is 0.674. The van der Waals surface area contributed by atoms with Crippen molar-refractivity contribution in [2.45, 2.75) is 6.92 Å². The summed E-state index contributed by atoms with van der Waals surface area (Å²) in [5.41, 5.74) is 10.5. The number of nitrogen functional groups attached to an aromatic ring is 1. The lowest BCUT2D eigenvalue weighted by atomic mass is 10.1. The Kier molecular flexibility index (Phi) is 2.63. The fourth-order valence-electron chi connectivity index (χ4n) is 2.21. The van der Waals surface area contributed by atoms with E-state index in [1.807, 2.05) is 37.3 Å². The molecule has 0 aliphatic carbocycles. The number of imidazole rings is 1. The van der Waals surface area contributed by atoms with Gasteiger partial charge in [0.2, 0.25) is 0 Å². The summed E-state index contributed by atoms with van der Waals surface area (Å²) < 4.78 is 5.37. The number of methoxy groups -OCH3 is 1. The van der Waals surface area contributed by atoms with Crippen molar-refractivity contribution in [3.05, 3.63) is 42.0 Å². The Bertz CT molecular complexity index is 746. The van der Waals surface area contributed by atoms with Gasteiger partial charge in [-0.25, -0.2) is 4.98 Å². The van der Waals surface area contributed by atoms with Crippen LogP contribution in [-0.2, 0) is 0 Å². The Balaban J connectivity index is 2.22. The van der Waals surface area contributed by atoms with Crippen molar-refractivity contribution in [3.8, 4) is 17.1 Å². The van der Waals surface area contributed by atoms with Crippen LogP contribution in [0.4, 0.5) is 5.69 Å². The van der Waals surface area contributed by atoms with Gasteiger partial charge in [0.15, 0.2) is 0 Å². The molecule has 0 aliphatic heterocycles. The second kappa shape index (κ2) is 4.31. The number of hydrogen-bond acceptors (Lipinski definition) is 3. The van der Waals surface area contributed by atoms with E-state index in [1.165, 1.54) is 0 Å². The van der Waals surface area contributed by atoms with E-state index in [0.29, 0.717) is 5.69 Å². The number of hydrogen-bond donors (Lipinski definition) is 2. The average molecular weight is 253 g/mol. The van der Waals surface area contributed by atoms with Crippen LogP contribution in [0, 0.1) is 6.92 Å². The molecule has 0 radical (unpaired) electrons. The Morgan fingerprint density at radius 2 is 2.05 bits per heavy atom. The normalized spacial score (nSPS) is 10.8. The van der Waals surface area contributed by atoms with Gasteiger partial charge in [0, 0.05) is 11.8 Å². The van der Waals surface area contributed by atoms with Gasteiger partial charge in [-0.2, -0.15) is 0 Å². The molecule has 2 aromatic carbocycles. The Morgan fingerprint density at radius 3 is 2.79 bits per heavy atom. The van der Waals surface area contributed by atoms with Crippen LogP contribution in [0.3, 0.4) is 0 Å².